The topological polar surface area (TPSA) is 50.1 Å². The van der Waals surface area contributed by atoms with Crippen LogP contribution < -0.4 is 0 Å². The van der Waals surface area contributed by atoms with Gasteiger partial charge >= 0.3 is 5.97 Å². The highest BCUT2D eigenvalue weighted by atomic mass is 16.5. The van der Waals surface area contributed by atoms with Gasteiger partial charge in [0.15, 0.2) is 5.41 Å². The van der Waals surface area contributed by atoms with E-state index in [1.54, 1.807) is 0 Å². The molecule has 1 aromatic rings. The summed E-state index contributed by atoms with van der Waals surface area (Å²) in [5.41, 5.74) is -0.398. The zero-order chi connectivity index (χ0) is 12.0. The molecule has 0 aliphatic heterocycles. The first-order valence-corrected chi connectivity index (χ1v) is 4.85. The first-order valence-electron chi connectivity index (χ1n) is 4.85. The summed E-state index contributed by atoms with van der Waals surface area (Å²) in [7, 11) is 1.27. The predicted molar refractivity (Wildman–Crippen MR) is 60.4 cm³/mol. The van der Waals surface area contributed by atoms with Crippen molar-refractivity contribution in [1.29, 1.82) is 5.26 Å². The van der Waals surface area contributed by atoms with Crippen molar-refractivity contribution in [3.05, 3.63) is 48.6 Å². The zero-order valence-corrected chi connectivity index (χ0v) is 9.14. The molecular formula is C13H13NO2. The van der Waals surface area contributed by atoms with E-state index in [1.165, 1.54) is 13.2 Å². The van der Waals surface area contributed by atoms with Gasteiger partial charge in [0.1, 0.15) is 0 Å². The van der Waals surface area contributed by atoms with Gasteiger partial charge in [-0.15, -0.1) is 6.58 Å². The van der Waals surface area contributed by atoms with Gasteiger partial charge in [0.05, 0.1) is 13.2 Å². The molecule has 0 heterocycles. The summed E-state index contributed by atoms with van der Waals surface area (Å²) >= 11 is 0. The fourth-order valence-corrected chi connectivity index (χ4v) is 1.46. The van der Waals surface area contributed by atoms with Gasteiger partial charge in [-0.25, -0.2) is 4.79 Å². The second-order valence-corrected chi connectivity index (χ2v) is 3.44. The van der Waals surface area contributed by atoms with E-state index in [-0.39, 0.29) is 6.42 Å². The van der Waals surface area contributed by atoms with Gasteiger partial charge in [-0.1, -0.05) is 36.4 Å². The normalized spacial score (nSPS) is 13.2. The predicted octanol–water partition coefficient (Wildman–Crippen LogP) is 2.10. The van der Waals surface area contributed by atoms with E-state index in [2.05, 4.69) is 11.3 Å². The standard InChI is InChI=1S/C13H13NO2/c1-3-13(10-14,12(15)16-2)9-11-7-5-4-6-8-11/h3-8H,1,9H2,2H3. The number of rotatable bonds is 4. The number of methoxy groups -OCH3 is 1. The molecule has 0 aromatic heterocycles. The molecule has 0 saturated heterocycles. The third-order valence-corrected chi connectivity index (χ3v) is 2.42. The number of esters is 1. The van der Waals surface area contributed by atoms with E-state index in [1.807, 2.05) is 36.4 Å². The third kappa shape index (κ3) is 2.29. The first kappa shape index (κ1) is 12.0. The number of ether oxygens (including phenoxy) is 1. The van der Waals surface area contributed by atoms with Crippen LogP contribution in [0, 0.1) is 16.7 Å². The molecule has 0 N–H and O–H groups in total. The Morgan fingerprint density at radius 2 is 2.19 bits per heavy atom. The lowest BCUT2D eigenvalue weighted by atomic mass is 9.83. The van der Waals surface area contributed by atoms with E-state index in [0.717, 1.165) is 5.56 Å². The Morgan fingerprint density at radius 3 is 2.62 bits per heavy atom. The number of benzene rings is 1. The highest BCUT2D eigenvalue weighted by Crippen LogP contribution is 2.25. The number of hydrogen-bond donors (Lipinski definition) is 0. The monoisotopic (exact) mass is 215 g/mol. The van der Waals surface area contributed by atoms with Gasteiger partial charge < -0.3 is 4.74 Å². The minimum atomic E-state index is -1.30. The van der Waals surface area contributed by atoms with E-state index >= 15 is 0 Å². The molecule has 0 radical (unpaired) electrons. The SMILES string of the molecule is C=CC(C#N)(Cc1ccccc1)C(=O)OC. The quantitative estimate of drug-likeness (QED) is 0.571. The molecule has 0 fully saturated rings. The number of carbonyl (C=O) groups excluding carboxylic acids is 1. The molecule has 0 bridgehead atoms. The fourth-order valence-electron chi connectivity index (χ4n) is 1.46. The van der Waals surface area contributed by atoms with E-state index in [0.29, 0.717) is 0 Å². The van der Waals surface area contributed by atoms with Gasteiger partial charge in [-0.05, 0) is 5.56 Å². The Bertz CT molecular complexity index is 419. The van der Waals surface area contributed by atoms with Crippen LogP contribution in [0.3, 0.4) is 0 Å². The minimum absolute atomic E-state index is 0.278. The molecular weight excluding hydrogens is 202 g/mol. The van der Waals surface area contributed by atoms with Crippen LogP contribution in [0.25, 0.3) is 0 Å². The molecule has 82 valence electrons. The van der Waals surface area contributed by atoms with Crippen molar-refractivity contribution in [1.82, 2.24) is 0 Å². The third-order valence-electron chi connectivity index (χ3n) is 2.42. The molecule has 3 nitrogen and oxygen atoms in total. The average Bonchev–Trinajstić information content (AvgIpc) is 2.36. The highest BCUT2D eigenvalue weighted by molar-refractivity contribution is 5.82. The molecule has 0 aliphatic carbocycles. The van der Waals surface area contributed by atoms with Crippen LogP contribution in [0.15, 0.2) is 43.0 Å². The largest absolute Gasteiger partial charge is 0.468 e. The van der Waals surface area contributed by atoms with Gasteiger partial charge in [-0.2, -0.15) is 5.26 Å². The van der Waals surface area contributed by atoms with Gasteiger partial charge in [0, 0.05) is 6.42 Å². The molecule has 3 heteroatoms. The van der Waals surface area contributed by atoms with Gasteiger partial charge in [0.25, 0.3) is 0 Å². The summed E-state index contributed by atoms with van der Waals surface area (Å²) in [5.74, 6) is -0.575. The van der Waals surface area contributed by atoms with Crippen molar-refractivity contribution < 1.29 is 9.53 Å². The molecule has 1 aromatic carbocycles. The van der Waals surface area contributed by atoms with Crippen LogP contribution in [-0.2, 0) is 16.0 Å². The van der Waals surface area contributed by atoms with E-state index in [9.17, 15) is 4.79 Å². The van der Waals surface area contributed by atoms with Crippen LogP contribution in [0.1, 0.15) is 5.56 Å². The van der Waals surface area contributed by atoms with Crippen LogP contribution >= 0.6 is 0 Å². The number of hydrogen-bond acceptors (Lipinski definition) is 3. The first-order chi connectivity index (χ1) is 7.68. The molecule has 0 aliphatic rings. The number of carbonyl (C=O) groups is 1. The lowest BCUT2D eigenvalue weighted by molar-refractivity contribution is -0.146. The molecule has 0 saturated carbocycles. The average molecular weight is 215 g/mol. The van der Waals surface area contributed by atoms with Crippen molar-refractivity contribution in [2.24, 2.45) is 5.41 Å². The van der Waals surface area contributed by atoms with Crippen LogP contribution in [0.4, 0.5) is 0 Å². The minimum Gasteiger partial charge on any atom is -0.468 e. The Kier molecular flexibility index (Phi) is 3.84. The fraction of sp³-hybridized carbons (Fsp3) is 0.231. The number of nitrogens with zero attached hydrogens (tertiary/aromatic N) is 1. The lowest BCUT2D eigenvalue weighted by Crippen LogP contribution is -2.30. The van der Waals surface area contributed by atoms with Crippen LogP contribution in [-0.4, -0.2) is 13.1 Å². The Hall–Kier alpha value is -2.08. The Morgan fingerprint density at radius 1 is 1.56 bits per heavy atom. The maximum absolute atomic E-state index is 11.6. The Labute approximate surface area is 95.0 Å². The second-order valence-electron chi connectivity index (χ2n) is 3.44. The van der Waals surface area contributed by atoms with Crippen molar-refractivity contribution >= 4 is 5.97 Å². The van der Waals surface area contributed by atoms with Crippen molar-refractivity contribution in [2.75, 3.05) is 7.11 Å². The summed E-state index contributed by atoms with van der Waals surface area (Å²) in [4.78, 5) is 11.6. The second kappa shape index (κ2) is 5.13. The van der Waals surface area contributed by atoms with E-state index < -0.39 is 11.4 Å². The van der Waals surface area contributed by atoms with Crippen LogP contribution in [0.2, 0.25) is 0 Å². The summed E-state index contributed by atoms with van der Waals surface area (Å²) < 4.78 is 4.64. The van der Waals surface area contributed by atoms with Crippen molar-refractivity contribution in [2.45, 2.75) is 6.42 Å². The smallest absolute Gasteiger partial charge is 0.330 e. The van der Waals surface area contributed by atoms with Crippen molar-refractivity contribution in [3.63, 3.8) is 0 Å². The summed E-state index contributed by atoms with van der Waals surface area (Å²) in [6.07, 6.45) is 1.62. The molecule has 0 amide bonds. The van der Waals surface area contributed by atoms with E-state index in [4.69, 9.17) is 5.26 Å². The number of nitriles is 1. The summed E-state index contributed by atoms with van der Waals surface area (Å²) in [5, 5.41) is 9.12. The highest BCUT2D eigenvalue weighted by Gasteiger charge is 2.36. The molecule has 1 unspecified atom stereocenters. The summed E-state index contributed by atoms with van der Waals surface area (Å²) in [6.45, 7) is 3.55. The zero-order valence-electron chi connectivity index (χ0n) is 9.14. The molecule has 16 heavy (non-hydrogen) atoms. The Balaban J connectivity index is 3.02. The van der Waals surface area contributed by atoms with Gasteiger partial charge in [-0.3, -0.25) is 0 Å². The van der Waals surface area contributed by atoms with Crippen LogP contribution in [0.5, 0.6) is 0 Å². The maximum atomic E-state index is 11.6. The van der Waals surface area contributed by atoms with Gasteiger partial charge in [0.2, 0.25) is 0 Å². The van der Waals surface area contributed by atoms with Crippen molar-refractivity contribution in [3.8, 4) is 6.07 Å². The molecule has 1 atom stereocenters. The lowest BCUT2D eigenvalue weighted by Gasteiger charge is -2.19. The summed E-state index contributed by atoms with van der Waals surface area (Å²) in [6, 6.07) is 11.3. The molecule has 1 rings (SSSR count). The molecule has 0 spiro atoms. The maximum Gasteiger partial charge on any atom is 0.330 e.